The van der Waals surface area contributed by atoms with Gasteiger partial charge in [-0.1, -0.05) is 35.4 Å². The second-order valence-electron chi connectivity index (χ2n) is 4.22. The summed E-state index contributed by atoms with van der Waals surface area (Å²) in [5, 5.41) is 9.77. The Labute approximate surface area is 92.5 Å². The minimum atomic E-state index is -0.246. The van der Waals surface area contributed by atoms with Crippen LogP contribution in [-0.2, 0) is 6.42 Å². The maximum Gasteiger partial charge on any atom is 0.0583 e. The average Bonchev–Trinajstić information content (AvgIpc) is 2.13. The summed E-state index contributed by atoms with van der Waals surface area (Å²) >= 11 is 0. The van der Waals surface area contributed by atoms with Crippen LogP contribution in [0.3, 0.4) is 0 Å². The van der Waals surface area contributed by atoms with Crippen molar-refractivity contribution in [3.8, 4) is 0 Å². The first kappa shape index (κ1) is 12.0. The number of allylic oxidation sites excluding steroid dienone is 1. The summed E-state index contributed by atoms with van der Waals surface area (Å²) in [6.07, 6.45) is 4.04. The SMILES string of the molecule is C=CCCC(O)Cc1cc(C)cc(C)c1. The Morgan fingerprint density at radius 1 is 1.27 bits per heavy atom. The molecule has 15 heavy (non-hydrogen) atoms. The standard InChI is InChI=1S/C14H20O/c1-4-5-6-14(15)10-13-8-11(2)7-12(3)9-13/h4,7-9,14-15H,1,5-6,10H2,2-3H3. The summed E-state index contributed by atoms with van der Waals surface area (Å²) in [5.41, 5.74) is 3.76. The fourth-order valence-electron chi connectivity index (χ4n) is 1.87. The van der Waals surface area contributed by atoms with E-state index in [0.717, 1.165) is 19.3 Å². The normalized spacial score (nSPS) is 12.5. The van der Waals surface area contributed by atoms with E-state index in [-0.39, 0.29) is 6.10 Å². The van der Waals surface area contributed by atoms with E-state index in [1.165, 1.54) is 16.7 Å². The molecule has 0 amide bonds. The van der Waals surface area contributed by atoms with E-state index in [1.807, 2.05) is 6.08 Å². The van der Waals surface area contributed by atoms with E-state index < -0.39 is 0 Å². The second kappa shape index (κ2) is 5.72. The molecule has 1 rings (SSSR count). The van der Waals surface area contributed by atoms with Gasteiger partial charge in [-0.3, -0.25) is 0 Å². The van der Waals surface area contributed by atoms with Crippen LogP contribution in [0.4, 0.5) is 0 Å². The third kappa shape index (κ3) is 4.30. The summed E-state index contributed by atoms with van der Waals surface area (Å²) in [7, 11) is 0. The fourth-order valence-corrected chi connectivity index (χ4v) is 1.87. The molecule has 0 heterocycles. The van der Waals surface area contributed by atoms with Gasteiger partial charge in [0.15, 0.2) is 0 Å². The van der Waals surface area contributed by atoms with Gasteiger partial charge in [0.1, 0.15) is 0 Å². The molecule has 0 spiro atoms. The molecule has 1 N–H and O–H groups in total. The van der Waals surface area contributed by atoms with Gasteiger partial charge in [-0.15, -0.1) is 6.58 Å². The first-order valence-electron chi connectivity index (χ1n) is 5.48. The van der Waals surface area contributed by atoms with Crippen molar-refractivity contribution in [1.29, 1.82) is 0 Å². The van der Waals surface area contributed by atoms with Gasteiger partial charge in [0, 0.05) is 0 Å². The van der Waals surface area contributed by atoms with Crippen molar-refractivity contribution >= 4 is 0 Å². The van der Waals surface area contributed by atoms with Crippen molar-refractivity contribution < 1.29 is 5.11 Å². The van der Waals surface area contributed by atoms with E-state index in [2.05, 4.69) is 38.6 Å². The average molecular weight is 204 g/mol. The molecule has 0 bridgehead atoms. The molecular formula is C14H20O. The smallest absolute Gasteiger partial charge is 0.0583 e. The summed E-state index contributed by atoms with van der Waals surface area (Å²) in [6, 6.07) is 6.44. The zero-order valence-electron chi connectivity index (χ0n) is 9.66. The molecule has 82 valence electrons. The predicted octanol–water partition coefficient (Wildman–Crippen LogP) is 3.17. The molecule has 0 aromatic heterocycles. The molecule has 1 unspecified atom stereocenters. The largest absolute Gasteiger partial charge is 0.393 e. The summed E-state index contributed by atoms with van der Waals surface area (Å²) in [6.45, 7) is 7.84. The topological polar surface area (TPSA) is 20.2 Å². The van der Waals surface area contributed by atoms with Crippen LogP contribution in [0.15, 0.2) is 30.9 Å². The molecular weight excluding hydrogens is 184 g/mol. The van der Waals surface area contributed by atoms with E-state index in [0.29, 0.717) is 0 Å². The second-order valence-corrected chi connectivity index (χ2v) is 4.22. The molecule has 1 aromatic rings. The Morgan fingerprint density at radius 2 is 1.87 bits per heavy atom. The Balaban J connectivity index is 2.59. The Bertz CT molecular complexity index is 308. The van der Waals surface area contributed by atoms with Crippen LogP contribution in [0, 0.1) is 13.8 Å². The Kier molecular flexibility index (Phi) is 4.57. The monoisotopic (exact) mass is 204 g/mol. The summed E-state index contributed by atoms with van der Waals surface area (Å²) in [4.78, 5) is 0. The van der Waals surface area contributed by atoms with Crippen molar-refractivity contribution in [2.45, 2.75) is 39.2 Å². The fraction of sp³-hybridized carbons (Fsp3) is 0.429. The van der Waals surface area contributed by atoms with Gasteiger partial charge in [-0.2, -0.15) is 0 Å². The number of aryl methyl sites for hydroxylation is 2. The number of benzene rings is 1. The molecule has 0 fully saturated rings. The molecule has 0 saturated heterocycles. The third-order valence-corrected chi connectivity index (χ3v) is 2.46. The zero-order valence-corrected chi connectivity index (χ0v) is 9.66. The molecule has 1 nitrogen and oxygen atoms in total. The first-order valence-corrected chi connectivity index (χ1v) is 5.48. The maximum absolute atomic E-state index is 9.77. The first-order chi connectivity index (χ1) is 7.11. The lowest BCUT2D eigenvalue weighted by Gasteiger charge is -2.10. The molecule has 0 radical (unpaired) electrons. The molecule has 1 atom stereocenters. The lowest BCUT2D eigenvalue weighted by molar-refractivity contribution is 0.166. The van der Waals surface area contributed by atoms with E-state index >= 15 is 0 Å². The van der Waals surface area contributed by atoms with Crippen molar-refractivity contribution in [3.05, 3.63) is 47.5 Å². The van der Waals surface area contributed by atoms with Crippen molar-refractivity contribution in [2.24, 2.45) is 0 Å². The highest BCUT2D eigenvalue weighted by Gasteiger charge is 2.05. The lowest BCUT2D eigenvalue weighted by Crippen LogP contribution is -2.10. The van der Waals surface area contributed by atoms with E-state index in [9.17, 15) is 5.11 Å². The number of hydrogen-bond donors (Lipinski definition) is 1. The molecule has 0 aliphatic heterocycles. The van der Waals surface area contributed by atoms with Gasteiger partial charge < -0.3 is 5.11 Å². The molecule has 1 aromatic carbocycles. The van der Waals surface area contributed by atoms with Crippen LogP contribution in [0.2, 0.25) is 0 Å². The Hall–Kier alpha value is -1.08. The molecule has 1 heteroatoms. The number of aliphatic hydroxyl groups excluding tert-OH is 1. The minimum absolute atomic E-state index is 0.246. The zero-order chi connectivity index (χ0) is 11.3. The molecule has 0 saturated carbocycles. The van der Waals surface area contributed by atoms with Crippen LogP contribution in [-0.4, -0.2) is 11.2 Å². The van der Waals surface area contributed by atoms with Crippen LogP contribution < -0.4 is 0 Å². The highest BCUT2D eigenvalue weighted by atomic mass is 16.3. The van der Waals surface area contributed by atoms with Crippen LogP contribution >= 0.6 is 0 Å². The highest BCUT2D eigenvalue weighted by Crippen LogP contribution is 2.12. The molecule has 0 aliphatic carbocycles. The van der Waals surface area contributed by atoms with Gasteiger partial charge in [0.25, 0.3) is 0 Å². The van der Waals surface area contributed by atoms with Gasteiger partial charge >= 0.3 is 0 Å². The highest BCUT2D eigenvalue weighted by molar-refractivity contribution is 5.28. The van der Waals surface area contributed by atoms with Crippen molar-refractivity contribution in [1.82, 2.24) is 0 Å². The van der Waals surface area contributed by atoms with E-state index in [4.69, 9.17) is 0 Å². The number of aliphatic hydroxyl groups is 1. The van der Waals surface area contributed by atoms with Gasteiger partial charge in [0.05, 0.1) is 6.10 Å². The van der Waals surface area contributed by atoms with Crippen molar-refractivity contribution in [3.63, 3.8) is 0 Å². The minimum Gasteiger partial charge on any atom is -0.393 e. The van der Waals surface area contributed by atoms with E-state index in [1.54, 1.807) is 0 Å². The van der Waals surface area contributed by atoms with Crippen LogP contribution in [0.5, 0.6) is 0 Å². The predicted molar refractivity (Wildman–Crippen MR) is 65.1 cm³/mol. The maximum atomic E-state index is 9.77. The van der Waals surface area contributed by atoms with Gasteiger partial charge in [0.2, 0.25) is 0 Å². The van der Waals surface area contributed by atoms with Crippen molar-refractivity contribution in [2.75, 3.05) is 0 Å². The summed E-state index contributed by atoms with van der Waals surface area (Å²) < 4.78 is 0. The van der Waals surface area contributed by atoms with Gasteiger partial charge in [-0.25, -0.2) is 0 Å². The quantitative estimate of drug-likeness (QED) is 0.730. The third-order valence-electron chi connectivity index (χ3n) is 2.46. The lowest BCUT2D eigenvalue weighted by atomic mass is 10.0. The summed E-state index contributed by atoms with van der Waals surface area (Å²) in [5.74, 6) is 0. The number of hydrogen-bond acceptors (Lipinski definition) is 1. The van der Waals surface area contributed by atoms with Crippen LogP contribution in [0.1, 0.15) is 29.5 Å². The van der Waals surface area contributed by atoms with Crippen LogP contribution in [0.25, 0.3) is 0 Å². The Morgan fingerprint density at radius 3 is 2.40 bits per heavy atom. The van der Waals surface area contributed by atoms with Gasteiger partial charge in [-0.05, 0) is 38.7 Å². The number of rotatable bonds is 5. The molecule has 0 aliphatic rings.